The summed E-state index contributed by atoms with van der Waals surface area (Å²) in [6.45, 7) is 6.93. The van der Waals surface area contributed by atoms with Gasteiger partial charge in [-0.05, 0) is 69.0 Å². The molecule has 0 aliphatic carbocycles. The standard InChI is InChI=1S/C23H30N2O3/c1-18(2)23(26)28-17-7-5-4-6-16-27-22-14-12-21(13-15-22)25-24-20-10-8-19(3)9-11-20/h8-15,18H,4-7,16-17H2,1-3H3/b25-24+. The van der Waals surface area contributed by atoms with Crippen LogP contribution >= 0.6 is 0 Å². The number of hydrogen-bond donors (Lipinski definition) is 0. The van der Waals surface area contributed by atoms with Crippen LogP contribution in [-0.4, -0.2) is 19.2 Å². The van der Waals surface area contributed by atoms with Crippen LogP contribution in [0.2, 0.25) is 0 Å². The Balaban J connectivity index is 1.60. The minimum Gasteiger partial charge on any atom is -0.494 e. The Morgan fingerprint density at radius 3 is 1.93 bits per heavy atom. The van der Waals surface area contributed by atoms with E-state index in [1.54, 1.807) is 0 Å². The van der Waals surface area contributed by atoms with Crippen molar-refractivity contribution in [3.05, 3.63) is 54.1 Å². The molecule has 150 valence electrons. The third-order valence-electron chi connectivity index (χ3n) is 4.17. The molecule has 0 unspecified atom stereocenters. The first-order valence-electron chi connectivity index (χ1n) is 9.92. The third kappa shape index (κ3) is 8.33. The fourth-order valence-corrected chi connectivity index (χ4v) is 2.42. The van der Waals surface area contributed by atoms with Crippen molar-refractivity contribution in [3.63, 3.8) is 0 Å². The minimum absolute atomic E-state index is 0.0520. The van der Waals surface area contributed by atoms with E-state index in [0.717, 1.165) is 42.8 Å². The highest BCUT2D eigenvalue weighted by Gasteiger charge is 2.06. The highest BCUT2D eigenvalue weighted by Crippen LogP contribution is 2.21. The van der Waals surface area contributed by atoms with Crippen LogP contribution in [0.5, 0.6) is 5.75 Å². The number of carbonyl (C=O) groups excluding carboxylic acids is 1. The highest BCUT2D eigenvalue weighted by molar-refractivity contribution is 5.71. The van der Waals surface area contributed by atoms with E-state index < -0.39 is 0 Å². The van der Waals surface area contributed by atoms with E-state index >= 15 is 0 Å². The number of azo groups is 1. The molecule has 0 aliphatic rings. The van der Waals surface area contributed by atoms with Crippen molar-refractivity contribution in [2.24, 2.45) is 16.1 Å². The summed E-state index contributed by atoms with van der Waals surface area (Å²) in [6.07, 6.45) is 3.97. The highest BCUT2D eigenvalue weighted by atomic mass is 16.5. The van der Waals surface area contributed by atoms with Gasteiger partial charge >= 0.3 is 5.97 Å². The summed E-state index contributed by atoms with van der Waals surface area (Å²) in [6, 6.07) is 15.6. The number of aryl methyl sites for hydroxylation is 1. The fraction of sp³-hybridized carbons (Fsp3) is 0.435. The topological polar surface area (TPSA) is 60.3 Å². The van der Waals surface area contributed by atoms with Crippen molar-refractivity contribution in [2.75, 3.05) is 13.2 Å². The van der Waals surface area contributed by atoms with Crippen LogP contribution in [0.4, 0.5) is 11.4 Å². The van der Waals surface area contributed by atoms with Crippen molar-refractivity contribution >= 4 is 17.3 Å². The average molecular weight is 383 g/mol. The molecule has 0 aliphatic heterocycles. The van der Waals surface area contributed by atoms with Crippen molar-refractivity contribution < 1.29 is 14.3 Å². The van der Waals surface area contributed by atoms with Crippen molar-refractivity contribution in [1.29, 1.82) is 0 Å². The second kappa shape index (κ2) is 11.9. The van der Waals surface area contributed by atoms with E-state index in [1.807, 2.05) is 69.3 Å². The summed E-state index contributed by atoms with van der Waals surface area (Å²) in [7, 11) is 0. The van der Waals surface area contributed by atoms with E-state index in [1.165, 1.54) is 5.56 Å². The van der Waals surface area contributed by atoms with E-state index in [4.69, 9.17) is 9.47 Å². The molecule has 0 atom stereocenters. The van der Waals surface area contributed by atoms with E-state index in [0.29, 0.717) is 13.2 Å². The van der Waals surface area contributed by atoms with E-state index in [2.05, 4.69) is 10.2 Å². The predicted octanol–water partition coefficient (Wildman–Crippen LogP) is 6.55. The Bertz CT molecular complexity index is 737. The molecule has 0 bridgehead atoms. The number of unbranched alkanes of at least 4 members (excludes halogenated alkanes) is 3. The molecule has 2 aromatic carbocycles. The molecule has 0 N–H and O–H groups in total. The molecule has 0 fully saturated rings. The lowest BCUT2D eigenvalue weighted by atomic mass is 10.2. The van der Waals surface area contributed by atoms with Crippen LogP contribution in [0.25, 0.3) is 0 Å². The quantitative estimate of drug-likeness (QED) is 0.251. The Labute approximate surface area is 167 Å². The van der Waals surface area contributed by atoms with Gasteiger partial charge in [-0.25, -0.2) is 0 Å². The van der Waals surface area contributed by atoms with Crippen molar-refractivity contribution in [3.8, 4) is 5.75 Å². The maximum Gasteiger partial charge on any atom is 0.308 e. The van der Waals surface area contributed by atoms with Crippen LogP contribution in [0, 0.1) is 12.8 Å². The second-order valence-corrected chi connectivity index (χ2v) is 7.11. The zero-order chi connectivity index (χ0) is 20.2. The zero-order valence-electron chi connectivity index (χ0n) is 17.1. The van der Waals surface area contributed by atoms with E-state index in [9.17, 15) is 4.79 Å². The van der Waals surface area contributed by atoms with Crippen LogP contribution in [0.3, 0.4) is 0 Å². The molecule has 0 spiro atoms. The van der Waals surface area contributed by atoms with Crippen molar-refractivity contribution in [1.82, 2.24) is 0 Å². The molecule has 0 saturated heterocycles. The normalized spacial score (nSPS) is 11.1. The summed E-state index contributed by atoms with van der Waals surface area (Å²) in [5, 5.41) is 8.47. The first kappa shape index (κ1) is 21.6. The number of nitrogens with zero attached hydrogens (tertiary/aromatic N) is 2. The first-order chi connectivity index (χ1) is 13.5. The average Bonchev–Trinajstić information content (AvgIpc) is 2.70. The van der Waals surface area contributed by atoms with Gasteiger partial charge in [0.15, 0.2) is 0 Å². The first-order valence-corrected chi connectivity index (χ1v) is 9.92. The molecule has 2 rings (SSSR count). The SMILES string of the molecule is Cc1ccc(/N=N/c2ccc(OCCCCCCOC(=O)C(C)C)cc2)cc1. The predicted molar refractivity (Wildman–Crippen MR) is 112 cm³/mol. The second-order valence-electron chi connectivity index (χ2n) is 7.11. The zero-order valence-corrected chi connectivity index (χ0v) is 17.1. The summed E-state index contributed by atoms with van der Waals surface area (Å²) in [4.78, 5) is 11.3. The van der Waals surface area contributed by atoms with Crippen LogP contribution in [0.15, 0.2) is 58.8 Å². The molecule has 0 saturated carbocycles. The maximum atomic E-state index is 11.3. The lowest BCUT2D eigenvalue weighted by Crippen LogP contribution is -2.12. The van der Waals surface area contributed by atoms with Gasteiger partial charge < -0.3 is 9.47 Å². The third-order valence-corrected chi connectivity index (χ3v) is 4.17. The van der Waals surface area contributed by atoms with Gasteiger partial charge in [0.1, 0.15) is 5.75 Å². The summed E-state index contributed by atoms with van der Waals surface area (Å²) >= 11 is 0. The Kier molecular flexibility index (Phi) is 9.19. The number of ether oxygens (including phenoxy) is 2. The maximum absolute atomic E-state index is 11.3. The van der Waals surface area contributed by atoms with Gasteiger partial charge in [0.2, 0.25) is 0 Å². The largest absolute Gasteiger partial charge is 0.494 e. The van der Waals surface area contributed by atoms with Gasteiger partial charge in [0.05, 0.1) is 30.5 Å². The Morgan fingerprint density at radius 1 is 0.821 bits per heavy atom. The minimum atomic E-state index is -0.120. The molecule has 0 heterocycles. The molecule has 5 nitrogen and oxygen atoms in total. The molecule has 0 amide bonds. The smallest absolute Gasteiger partial charge is 0.308 e. The summed E-state index contributed by atoms with van der Waals surface area (Å²) < 4.78 is 10.9. The monoisotopic (exact) mass is 382 g/mol. The fourth-order valence-electron chi connectivity index (χ4n) is 2.42. The molecule has 28 heavy (non-hydrogen) atoms. The van der Waals surface area contributed by atoms with Gasteiger partial charge in [-0.1, -0.05) is 31.5 Å². The lowest BCUT2D eigenvalue weighted by Gasteiger charge is -2.08. The Morgan fingerprint density at radius 2 is 1.36 bits per heavy atom. The van der Waals surface area contributed by atoms with Crippen LogP contribution in [-0.2, 0) is 9.53 Å². The number of hydrogen-bond acceptors (Lipinski definition) is 5. The van der Waals surface area contributed by atoms with Gasteiger partial charge in [0, 0.05) is 0 Å². The summed E-state index contributed by atoms with van der Waals surface area (Å²) in [5.41, 5.74) is 2.84. The van der Waals surface area contributed by atoms with Crippen LogP contribution in [0.1, 0.15) is 45.1 Å². The summed E-state index contributed by atoms with van der Waals surface area (Å²) in [5.74, 6) is 0.661. The molecule has 5 heteroatoms. The molecular weight excluding hydrogens is 352 g/mol. The molecule has 2 aromatic rings. The molecule has 0 aromatic heterocycles. The van der Waals surface area contributed by atoms with Gasteiger partial charge in [0.25, 0.3) is 0 Å². The molecule has 0 radical (unpaired) electrons. The van der Waals surface area contributed by atoms with Gasteiger partial charge in [-0.15, -0.1) is 0 Å². The van der Waals surface area contributed by atoms with E-state index in [-0.39, 0.29) is 11.9 Å². The van der Waals surface area contributed by atoms with Gasteiger partial charge in [-0.2, -0.15) is 10.2 Å². The lowest BCUT2D eigenvalue weighted by molar-refractivity contribution is -0.147. The number of carbonyl (C=O) groups is 1. The van der Waals surface area contributed by atoms with Gasteiger partial charge in [-0.3, -0.25) is 4.79 Å². The number of rotatable bonds is 11. The van der Waals surface area contributed by atoms with Crippen LogP contribution < -0.4 is 4.74 Å². The number of benzene rings is 2. The molecular formula is C23H30N2O3. The Hall–Kier alpha value is -2.69. The van der Waals surface area contributed by atoms with Crippen molar-refractivity contribution in [2.45, 2.75) is 46.5 Å². The number of esters is 1.